The van der Waals surface area contributed by atoms with Crippen LogP contribution in [0.5, 0.6) is 0 Å². The molecule has 0 radical (unpaired) electrons. The van der Waals surface area contributed by atoms with Gasteiger partial charge in [0.15, 0.2) is 0 Å². The molecule has 0 fully saturated rings. The molecular weight excluding hydrogens is 277 g/mol. The van der Waals surface area contributed by atoms with E-state index < -0.39 is 0 Å². The quantitative estimate of drug-likeness (QED) is 0.254. The Labute approximate surface area is 99.6 Å². The summed E-state index contributed by atoms with van der Waals surface area (Å²) in [6, 6.07) is 0. The Morgan fingerprint density at radius 1 is 1.15 bits per heavy atom. The van der Waals surface area contributed by atoms with Crippen LogP contribution in [0.4, 0.5) is 0 Å². The highest BCUT2D eigenvalue weighted by atomic mass is 127. The molecule has 80 valence electrons. The Morgan fingerprint density at radius 3 is 1.92 bits per heavy atom. The fourth-order valence-electron chi connectivity index (χ4n) is 1.47. The Morgan fingerprint density at radius 2 is 1.62 bits per heavy atom. The summed E-state index contributed by atoms with van der Waals surface area (Å²) in [5, 5.41) is 0. The van der Waals surface area contributed by atoms with Gasteiger partial charge in [0, 0.05) is 0 Å². The number of ether oxygens (including phenoxy) is 1. The van der Waals surface area contributed by atoms with Gasteiger partial charge in [-0.25, -0.2) is 0 Å². The minimum Gasteiger partial charge on any atom is -1.00 e. The third-order valence-electron chi connectivity index (χ3n) is 2.81. The largest absolute Gasteiger partial charge is 1.00 e. The number of hydrogen-bond donors (Lipinski definition) is 0. The normalized spacial score (nSPS) is 10.4. The van der Waals surface area contributed by atoms with Crippen molar-refractivity contribution in [2.24, 2.45) is 0 Å². The zero-order valence-corrected chi connectivity index (χ0v) is 11.2. The average Bonchev–Trinajstić information content (AvgIpc) is 2.14. The number of hydrogen-bond acceptors (Lipinski definition) is 1. The van der Waals surface area contributed by atoms with Crippen molar-refractivity contribution in [3.63, 3.8) is 0 Å². The van der Waals surface area contributed by atoms with Gasteiger partial charge in [-0.15, -0.1) is 0 Å². The SMILES string of the molecule is C=COCC[N+](CC)(CC)CC.[I-]. The van der Waals surface area contributed by atoms with Crippen LogP contribution in [0.3, 0.4) is 0 Å². The molecule has 0 heterocycles. The van der Waals surface area contributed by atoms with Crippen molar-refractivity contribution in [3.05, 3.63) is 12.8 Å². The smallest absolute Gasteiger partial charge is 0.136 e. The fraction of sp³-hybridized carbons (Fsp3) is 0.800. The highest BCUT2D eigenvalue weighted by Gasteiger charge is 2.19. The molecule has 13 heavy (non-hydrogen) atoms. The van der Waals surface area contributed by atoms with E-state index in [2.05, 4.69) is 27.4 Å². The molecule has 0 aromatic carbocycles. The second-order valence-electron chi connectivity index (χ2n) is 3.05. The van der Waals surface area contributed by atoms with E-state index in [1.54, 1.807) is 0 Å². The van der Waals surface area contributed by atoms with Crippen molar-refractivity contribution in [1.82, 2.24) is 0 Å². The summed E-state index contributed by atoms with van der Waals surface area (Å²) in [5.74, 6) is 0. The topological polar surface area (TPSA) is 9.23 Å². The molecule has 0 N–H and O–H groups in total. The van der Waals surface area contributed by atoms with E-state index in [0.717, 1.165) is 17.6 Å². The lowest BCUT2D eigenvalue weighted by Crippen LogP contribution is -3.00. The maximum absolute atomic E-state index is 5.14. The van der Waals surface area contributed by atoms with Gasteiger partial charge in [-0.2, -0.15) is 0 Å². The third kappa shape index (κ3) is 5.52. The van der Waals surface area contributed by atoms with Crippen molar-refractivity contribution in [2.75, 3.05) is 32.8 Å². The summed E-state index contributed by atoms with van der Waals surface area (Å²) < 4.78 is 6.29. The molecule has 0 aliphatic rings. The van der Waals surface area contributed by atoms with Crippen molar-refractivity contribution in [2.45, 2.75) is 20.8 Å². The molecule has 0 saturated carbocycles. The number of rotatable bonds is 7. The average molecular weight is 299 g/mol. The first-order valence-electron chi connectivity index (χ1n) is 4.82. The van der Waals surface area contributed by atoms with E-state index in [1.807, 2.05) is 0 Å². The van der Waals surface area contributed by atoms with Crippen LogP contribution in [0.15, 0.2) is 12.8 Å². The van der Waals surface area contributed by atoms with E-state index in [9.17, 15) is 0 Å². The molecule has 0 amide bonds. The van der Waals surface area contributed by atoms with Gasteiger partial charge < -0.3 is 33.2 Å². The van der Waals surface area contributed by atoms with Gasteiger partial charge in [-0.1, -0.05) is 6.58 Å². The molecule has 2 nitrogen and oxygen atoms in total. The summed E-state index contributed by atoms with van der Waals surface area (Å²) in [4.78, 5) is 0. The minimum atomic E-state index is 0. The van der Waals surface area contributed by atoms with Crippen LogP contribution in [0.25, 0.3) is 0 Å². The Balaban J connectivity index is 0. The lowest BCUT2D eigenvalue weighted by Gasteiger charge is -2.35. The van der Waals surface area contributed by atoms with Crippen LogP contribution in [0, 0.1) is 0 Å². The molecule has 0 bridgehead atoms. The van der Waals surface area contributed by atoms with E-state index in [0.29, 0.717) is 0 Å². The van der Waals surface area contributed by atoms with Crippen LogP contribution in [-0.2, 0) is 4.74 Å². The highest BCUT2D eigenvalue weighted by molar-refractivity contribution is 4.48. The van der Waals surface area contributed by atoms with Gasteiger partial charge >= 0.3 is 0 Å². The van der Waals surface area contributed by atoms with Gasteiger partial charge in [-0.3, -0.25) is 0 Å². The predicted octanol–water partition coefficient (Wildman–Crippen LogP) is -0.973. The van der Waals surface area contributed by atoms with E-state index >= 15 is 0 Å². The molecule has 0 saturated heterocycles. The first-order valence-corrected chi connectivity index (χ1v) is 4.82. The second-order valence-corrected chi connectivity index (χ2v) is 3.05. The lowest BCUT2D eigenvalue weighted by molar-refractivity contribution is -0.923. The predicted molar refractivity (Wildman–Crippen MR) is 52.9 cm³/mol. The van der Waals surface area contributed by atoms with Crippen LogP contribution < -0.4 is 24.0 Å². The van der Waals surface area contributed by atoms with Crippen molar-refractivity contribution in [3.8, 4) is 0 Å². The van der Waals surface area contributed by atoms with E-state index in [-0.39, 0.29) is 24.0 Å². The zero-order valence-electron chi connectivity index (χ0n) is 9.05. The van der Waals surface area contributed by atoms with Gasteiger partial charge in [-0.05, 0) is 20.8 Å². The Kier molecular flexibility index (Phi) is 10.6. The van der Waals surface area contributed by atoms with Gasteiger partial charge in [0.2, 0.25) is 0 Å². The van der Waals surface area contributed by atoms with Gasteiger partial charge in [0.1, 0.15) is 13.2 Å². The van der Waals surface area contributed by atoms with Crippen molar-refractivity contribution in [1.29, 1.82) is 0 Å². The molecule has 0 atom stereocenters. The first-order chi connectivity index (χ1) is 5.74. The Hall–Kier alpha value is 0.230. The first kappa shape index (κ1) is 15.7. The summed E-state index contributed by atoms with van der Waals surface area (Å²) in [6.07, 6.45) is 1.52. The van der Waals surface area contributed by atoms with Crippen LogP contribution >= 0.6 is 0 Å². The number of nitrogens with zero attached hydrogens (tertiary/aromatic N) is 1. The molecule has 0 spiro atoms. The third-order valence-corrected chi connectivity index (χ3v) is 2.81. The number of halogens is 1. The summed E-state index contributed by atoms with van der Waals surface area (Å²) >= 11 is 0. The molecule has 3 heteroatoms. The molecular formula is C10H22INO. The maximum atomic E-state index is 5.14. The zero-order chi connectivity index (χ0) is 9.45. The standard InChI is InChI=1S/C10H22NO.HI/c1-5-11(6-2,7-3)9-10-12-8-4;/h8H,4-7,9-10H2,1-3H3;1H/q+1;/p-1. The fourth-order valence-corrected chi connectivity index (χ4v) is 1.47. The molecule has 0 unspecified atom stereocenters. The molecule has 0 aliphatic carbocycles. The summed E-state index contributed by atoms with van der Waals surface area (Å²) in [7, 11) is 0. The van der Waals surface area contributed by atoms with Crippen LogP contribution in [0.2, 0.25) is 0 Å². The second kappa shape index (κ2) is 8.81. The monoisotopic (exact) mass is 299 g/mol. The van der Waals surface area contributed by atoms with E-state index in [1.165, 1.54) is 25.9 Å². The van der Waals surface area contributed by atoms with Gasteiger partial charge in [0.05, 0.1) is 25.9 Å². The molecule has 0 aromatic heterocycles. The molecule has 0 aromatic rings. The maximum Gasteiger partial charge on any atom is 0.136 e. The molecule has 0 rings (SSSR count). The minimum absolute atomic E-state index is 0. The van der Waals surface area contributed by atoms with Gasteiger partial charge in [0.25, 0.3) is 0 Å². The van der Waals surface area contributed by atoms with Crippen LogP contribution in [-0.4, -0.2) is 37.3 Å². The van der Waals surface area contributed by atoms with Crippen molar-refractivity contribution >= 4 is 0 Å². The summed E-state index contributed by atoms with van der Waals surface area (Å²) in [6.45, 7) is 15.7. The molecule has 0 aliphatic heterocycles. The number of quaternary nitrogens is 1. The lowest BCUT2D eigenvalue weighted by atomic mass is 10.3. The van der Waals surface area contributed by atoms with Crippen molar-refractivity contribution < 1.29 is 33.2 Å². The summed E-state index contributed by atoms with van der Waals surface area (Å²) in [5.41, 5.74) is 0. The highest BCUT2D eigenvalue weighted by Crippen LogP contribution is 2.04. The van der Waals surface area contributed by atoms with E-state index in [4.69, 9.17) is 4.74 Å². The van der Waals surface area contributed by atoms with Crippen LogP contribution in [0.1, 0.15) is 20.8 Å². The Bertz CT molecular complexity index is 116. The number of likely N-dealkylation sites (N-methyl/N-ethyl adjacent to an activating group) is 1.